The predicted molar refractivity (Wildman–Crippen MR) is 77.0 cm³/mol. The number of ether oxygens (including phenoxy) is 1. The number of imidazole rings is 1. The molecule has 0 bridgehead atoms. The van der Waals surface area contributed by atoms with Gasteiger partial charge in [-0.2, -0.15) is 0 Å². The summed E-state index contributed by atoms with van der Waals surface area (Å²) >= 11 is 3.07. The van der Waals surface area contributed by atoms with Crippen LogP contribution in [-0.2, 0) is 4.74 Å². The molecule has 1 aliphatic rings. The maximum absolute atomic E-state index is 14.0. The molecule has 0 aliphatic carbocycles. The summed E-state index contributed by atoms with van der Waals surface area (Å²) in [4.78, 5) is 4.05. The Kier molecular flexibility index (Phi) is 4.05. The second kappa shape index (κ2) is 5.82. The van der Waals surface area contributed by atoms with E-state index in [1.165, 1.54) is 12.4 Å². The van der Waals surface area contributed by atoms with Crippen molar-refractivity contribution in [3.8, 4) is 5.69 Å². The largest absolute Gasteiger partial charge is 0.381 e. The Morgan fingerprint density at radius 1 is 1.38 bits per heavy atom. The minimum atomic E-state index is -0.662. The molecule has 2 atom stereocenters. The first kappa shape index (κ1) is 14.6. The third kappa shape index (κ3) is 2.73. The van der Waals surface area contributed by atoms with Crippen molar-refractivity contribution in [1.29, 1.82) is 0 Å². The van der Waals surface area contributed by atoms with Gasteiger partial charge >= 0.3 is 0 Å². The second-order valence-corrected chi connectivity index (χ2v) is 5.91. The van der Waals surface area contributed by atoms with Crippen molar-refractivity contribution in [3.05, 3.63) is 46.5 Å². The molecule has 0 radical (unpaired) electrons. The van der Waals surface area contributed by atoms with Crippen LogP contribution >= 0.6 is 15.9 Å². The van der Waals surface area contributed by atoms with Crippen LogP contribution in [0.2, 0.25) is 0 Å². The molecule has 2 aromatic rings. The van der Waals surface area contributed by atoms with Crippen molar-refractivity contribution in [3.63, 3.8) is 0 Å². The zero-order chi connectivity index (χ0) is 15.0. The lowest BCUT2D eigenvalue weighted by molar-refractivity contribution is 0.180. The lowest BCUT2D eigenvalue weighted by atomic mass is 9.97. The van der Waals surface area contributed by atoms with Crippen LogP contribution in [-0.4, -0.2) is 22.8 Å². The molecular weight excluding hydrogens is 344 g/mol. The van der Waals surface area contributed by atoms with Gasteiger partial charge in [-0.1, -0.05) is 0 Å². The molecule has 2 unspecified atom stereocenters. The summed E-state index contributed by atoms with van der Waals surface area (Å²) in [6, 6.07) is 1.92. The van der Waals surface area contributed by atoms with Gasteiger partial charge in [0, 0.05) is 18.6 Å². The first-order valence-electron chi connectivity index (χ1n) is 6.58. The minimum absolute atomic E-state index is 0.174. The molecule has 4 nitrogen and oxygen atoms in total. The van der Waals surface area contributed by atoms with Gasteiger partial charge in [-0.05, 0) is 28.4 Å². The molecule has 0 spiro atoms. The Morgan fingerprint density at radius 3 is 2.90 bits per heavy atom. The Bertz CT molecular complexity index is 656. The topological polar surface area (TPSA) is 53.1 Å². The number of halogens is 3. The highest BCUT2D eigenvalue weighted by Gasteiger charge is 2.27. The van der Waals surface area contributed by atoms with E-state index in [2.05, 4.69) is 20.9 Å². The van der Waals surface area contributed by atoms with E-state index in [9.17, 15) is 8.78 Å². The highest BCUT2D eigenvalue weighted by molar-refractivity contribution is 9.10. The number of hydrogen-bond acceptors (Lipinski definition) is 3. The van der Waals surface area contributed by atoms with Gasteiger partial charge in [0.25, 0.3) is 0 Å². The SMILES string of the molecule is NC(c1cncn1-c1cc(Br)c(F)cc1F)C1CCOC1. The van der Waals surface area contributed by atoms with Gasteiger partial charge in [0.15, 0.2) is 0 Å². The average Bonchev–Trinajstić information content (AvgIpc) is 3.12. The molecule has 0 amide bonds. The summed E-state index contributed by atoms with van der Waals surface area (Å²) in [6.07, 6.45) is 3.95. The molecule has 0 saturated carbocycles. The molecular formula is C14H14BrF2N3O. The van der Waals surface area contributed by atoms with Crippen LogP contribution in [0.5, 0.6) is 0 Å². The van der Waals surface area contributed by atoms with Crippen molar-refractivity contribution < 1.29 is 13.5 Å². The van der Waals surface area contributed by atoms with Crippen LogP contribution in [0.25, 0.3) is 5.69 Å². The van der Waals surface area contributed by atoms with Crippen LogP contribution in [0, 0.1) is 17.6 Å². The van der Waals surface area contributed by atoms with Crippen molar-refractivity contribution in [2.45, 2.75) is 12.5 Å². The molecule has 1 aromatic carbocycles. The lowest BCUT2D eigenvalue weighted by Crippen LogP contribution is -2.24. The first-order valence-corrected chi connectivity index (χ1v) is 7.37. The summed E-state index contributed by atoms with van der Waals surface area (Å²) in [6.45, 7) is 1.27. The maximum atomic E-state index is 14.0. The number of nitrogens with two attached hydrogens (primary N) is 1. The lowest BCUT2D eigenvalue weighted by Gasteiger charge is -2.19. The fraction of sp³-hybridized carbons (Fsp3) is 0.357. The van der Waals surface area contributed by atoms with Gasteiger partial charge in [-0.15, -0.1) is 0 Å². The predicted octanol–water partition coefficient (Wildman–Crippen LogP) is 2.95. The molecule has 1 aromatic heterocycles. The monoisotopic (exact) mass is 357 g/mol. The highest BCUT2D eigenvalue weighted by Crippen LogP contribution is 2.30. The van der Waals surface area contributed by atoms with Gasteiger partial charge in [0.2, 0.25) is 0 Å². The Hall–Kier alpha value is -1.31. The molecule has 112 valence electrons. The van der Waals surface area contributed by atoms with E-state index in [-0.39, 0.29) is 22.1 Å². The average molecular weight is 358 g/mol. The summed E-state index contributed by atoms with van der Waals surface area (Å²) < 4.78 is 34.5. The van der Waals surface area contributed by atoms with Crippen molar-refractivity contribution in [1.82, 2.24) is 9.55 Å². The molecule has 2 N–H and O–H groups in total. The quantitative estimate of drug-likeness (QED) is 0.859. The van der Waals surface area contributed by atoms with E-state index in [0.29, 0.717) is 18.9 Å². The summed E-state index contributed by atoms with van der Waals surface area (Å²) in [5.41, 5.74) is 7.15. The zero-order valence-electron chi connectivity index (χ0n) is 11.1. The number of benzene rings is 1. The van der Waals surface area contributed by atoms with Crippen LogP contribution < -0.4 is 5.73 Å². The van der Waals surface area contributed by atoms with E-state index in [1.54, 1.807) is 10.8 Å². The maximum Gasteiger partial charge on any atom is 0.150 e. The van der Waals surface area contributed by atoms with Gasteiger partial charge in [-0.3, -0.25) is 4.57 Å². The van der Waals surface area contributed by atoms with E-state index in [0.717, 1.165) is 12.5 Å². The zero-order valence-corrected chi connectivity index (χ0v) is 12.7. The third-order valence-corrected chi connectivity index (χ3v) is 4.34. The number of rotatable bonds is 3. The second-order valence-electron chi connectivity index (χ2n) is 5.06. The van der Waals surface area contributed by atoms with Crippen LogP contribution in [0.4, 0.5) is 8.78 Å². The van der Waals surface area contributed by atoms with E-state index in [1.807, 2.05) is 0 Å². The summed E-state index contributed by atoms with van der Waals surface area (Å²) in [7, 11) is 0. The van der Waals surface area contributed by atoms with Gasteiger partial charge in [-0.25, -0.2) is 13.8 Å². The fourth-order valence-corrected chi connectivity index (χ4v) is 2.86. The molecule has 7 heteroatoms. The van der Waals surface area contributed by atoms with Crippen LogP contribution in [0.15, 0.2) is 29.1 Å². The Labute approximate surface area is 129 Å². The third-order valence-electron chi connectivity index (χ3n) is 3.73. The highest BCUT2D eigenvalue weighted by atomic mass is 79.9. The van der Waals surface area contributed by atoms with E-state index >= 15 is 0 Å². The summed E-state index contributed by atoms with van der Waals surface area (Å²) in [5, 5.41) is 0. The van der Waals surface area contributed by atoms with Crippen molar-refractivity contribution in [2.24, 2.45) is 11.7 Å². The number of nitrogens with zero attached hydrogens (tertiary/aromatic N) is 2. The van der Waals surface area contributed by atoms with Gasteiger partial charge in [0.1, 0.15) is 11.6 Å². The van der Waals surface area contributed by atoms with E-state index in [4.69, 9.17) is 10.5 Å². The molecule has 3 rings (SSSR count). The molecule has 21 heavy (non-hydrogen) atoms. The van der Waals surface area contributed by atoms with Gasteiger partial charge in [0.05, 0.1) is 41.0 Å². The summed E-state index contributed by atoms with van der Waals surface area (Å²) in [5.74, 6) is -1.14. The molecule has 1 fully saturated rings. The van der Waals surface area contributed by atoms with Crippen LogP contribution in [0.3, 0.4) is 0 Å². The molecule has 2 heterocycles. The smallest absolute Gasteiger partial charge is 0.150 e. The minimum Gasteiger partial charge on any atom is -0.381 e. The van der Waals surface area contributed by atoms with Crippen LogP contribution in [0.1, 0.15) is 18.2 Å². The molecule has 1 saturated heterocycles. The molecule has 1 aliphatic heterocycles. The normalized spacial score (nSPS) is 19.9. The van der Waals surface area contributed by atoms with Gasteiger partial charge < -0.3 is 10.5 Å². The number of aromatic nitrogens is 2. The van der Waals surface area contributed by atoms with Crippen molar-refractivity contribution >= 4 is 15.9 Å². The van der Waals surface area contributed by atoms with Crippen molar-refractivity contribution in [2.75, 3.05) is 13.2 Å². The van der Waals surface area contributed by atoms with E-state index < -0.39 is 11.6 Å². The fourth-order valence-electron chi connectivity index (χ4n) is 2.53. The first-order chi connectivity index (χ1) is 10.1. The number of hydrogen-bond donors (Lipinski definition) is 1. The Morgan fingerprint density at radius 2 is 2.19 bits per heavy atom. The standard InChI is InChI=1S/C14H14BrF2N3O/c15-9-3-12(11(17)4-10(9)16)20-7-19-5-13(20)14(18)8-1-2-21-6-8/h3-5,7-8,14H,1-2,6,18H2. The Balaban J connectivity index is 2.00.